The van der Waals surface area contributed by atoms with Gasteiger partial charge in [0.25, 0.3) is 12.0 Å². The van der Waals surface area contributed by atoms with Gasteiger partial charge in [-0.3, -0.25) is 4.79 Å². The van der Waals surface area contributed by atoms with Crippen LogP contribution in [0, 0.1) is 3.57 Å². The summed E-state index contributed by atoms with van der Waals surface area (Å²) in [5.41, 5.74) is -0.348. The lowest BCUT2D eigenvalue weighted by Gasteiger charge is -2.22. The summed E-state index contributed by atoms with van der Waals surface area (Å²) >= 11 is 7.29. The van der Waals surface area contributed by atoms with Crippen LogP contribution in [0.2, 0.25) is 0 Å². The number of hydrogen-bond acceptors (Lipinski definition) is 3. The van der Waals surface area contributed by atoms with Crippen molar-refractivity contribution >= 4 is 40.0 Å². The fraction of sp³-hybridized carbons (Fsp3) is 0.500. The van der Waals surface area contributed by atoms with Gasteiger partial charge in [0.2, 0.25) is 0 Å². The molecule has 0 radical (unpaired) electrons. The van der Waals surface area contributed by atoms with Crippen molar-refractivity contribution in [3.63, 3.8) is 0 Å². The molecule has 0 aliphatic carbocycles. The molecule has 0 saturated heterocycles. The molecule has 0 saturated carbocycles. The molecule has 0 fully saturated rings. The van der Waals surface area contributed by atoms with Crippen molar-refractivity contribution in [3.05, 3.63) is 20.3 Å². The summed E-state index contributed by atoms with van der Waals surface area (Å²) in [5, 5.41) is 0. The number of aromatic nitrogens is 2. The standard InChI is InChI=1S/C8H9ClF2IN3O/c9-1-2-15(3-5(10)11)7-6(12)8(16)14-4-13-7/h4-5H,1-3H2,(H,13,14,16). The average Bonchev–Trinajstić information content (AvgIpc) is 2.21. The van der Waals surface area contributed by atoms with Gasteiger partial charge in [-0.05, 0) is 22.6 Å². The largest absolute Gasteiger partial charge is 0.349 e. The second-order valence-corrected chi connectivity index (χ2v) is 4.35. The van der Waals surface area contributed by atoms with Crippen LogP contribution in [0.1, 0.15) is 0 Å². The summed E-state index contributed by atoms with van der Waals surface area (Å²) in [6, 6.07) is 0. The molecule has 0 unspecified atom stereocenters. The predicted octanol–water partition coefficient (Wildman–Crippen LogP) is 1.68. The van der Waals surface area contributed by atoms with Gasteiger partial charge >= 0.3 is 0 Å². The summed E-state index contributed by atoms with van der Waals surface area (Å²) < 4.78 is 24.9. The minimum Gasteiger partial charge on any atom is -0.349 e. The number of hydrogen-bond donors (Lipinski definition) is 1. The first-order chi connectivity index (χ1) is 7.56. The fourth-order valence-electron chi connectivity index (χ4n) is 1.15. The van der Waals surface area contributed by atoms with E-state index in [1.807, 2.05) is 0 Å². The Morgan fingerprint density at radius 3 is 2.88 bits per heavy atom. The van der Waals surface area contributed by atoms with Crippen molar-refractivity contribution in [2.24, 2.45) is 0 Å². The van der Waals surface area contributed by atoms with E-state index in [0.29, 0.717) is 0 Å². The smallest absolute Gasteiger partial charge is 0.266 e. The molecule has 90 valence electrons. The lowest BCUT2D eigenvalue weighted by Crippen LogP contribution is -2.33. The van der Waals surface area contributed by atoms with Crippen LogP contribution in [0.25, 0.3) is 0 Å². The number of rotatable bonds is 5. The van der Waals surface area contributed by atoms with E-state index in [9.17, 15) is 13.6 Å². The number of nitrogens with zero attached hydrogens (tertiary/aromatic N) is 2. The maximum atomic E-state index is 12.3. The molecule has 0 spiro atoms. The monoisotopic (exact) mass is 363 g/mol. The Bertz CT molecular complexity index is 401. The summed E-state index contributed by atoms with van der Waals surface area (Å²) in [6.45, 7) is -0.266. The third kappa shape index (κ3) is 3.55. The summed E-state index contributed by atoms with van der Waals surface area (Å²) in [7, 11) is 0. The lowest BCUT2D eigenvalue weighted by atomic mass is 10.4. The van der Waals surface area contributed by atoms with Gasteiger partial charge in [-0.2, -0.15) is 0 Å². The molecule has 1 N–H and O–H groups in total. The third-order valence-electron chi connectivity index (χ3n) is 1.79. The highest BCUT2D eigenvalue weighted by Crippen LogP contribution is 2.16. The van der Waals surface area contributed by atoms with Crippen molar-refractivity contribution < 1.29 is 8.78 Å². The molecule has 0 atom stereocenters. The summed E-state index contributed by atoms with van der Waals surface area (Å²) in [4.78, 5) is 18.8. The molecule has 0 aliphatic rings. The van der Waals surface area contributed by atoms with Gasteiger partial charge in [-0.15, -0.1) is 11.6 Å². The van der Waals surface area contributed by atoms with Crippen LogP contribution in [-0.4, -0.2) is 35.4 Å². The molecule has 0 amide bonds. The van der Waals surface area contributed by atoms with Gasteiger partial charge in [0.05, 0.1) is 12.9 Å². The molecule has 8 heteroatoms. The van der Waals surface area contributed by atoms with Crippen LogP contribution in [0.4, 0.5) is 14.6 Å². The van der Waals surface area contributed by atoms with Gasteiger partial charge in [0.1, 0.15) is 9.39 Å². The summed E-state index contributed by atoms with van der Waals surface area (Å²) in [6.07, 6.45) is -1.31. The predicted molar refractivity (Wildman–Crippen MR) is 66.5 cm³/mol. The number of anilines is 1. The SMILES string of the molecule is O=c1[nH]cnc(N(CCCl)CC(F)F)c1I. The van der Waals surface area contributed by atoms with Gasteiger partial charge in [0, 0.05) is 12.4 Å². The maximum Gasteiger partial charge on any atom is 0.266 e. The Morgan fingerprint density at radius 2 is 2.31 bits per heavy atom. The number of alkyl halides is 3. The molecule has 1 aromatic rings. The van der Waals surface area contributed by atoms with Gasteiger partial charge < -0.3 is 9.88 Å². The van der Waals surface area contributed by atoms with Crippen LogP contribution in [-0.2, 0) is 0 Å². The lowest BCUT2D eigenvalue weighted by molar-refractivity contribution is 0.155. The highest BCUT2D eigenvalue weighted by atomic mass is 127. The normalized spacial score (nSPS) is 10.8. The second-order valence-electron chi connectivity index (χ2n) is 2.90. The van der Waals surface area contributed by atoms with E-state index in [-0.39, 0.29) is 27.4 Å². The van der Waals surface area contributed by atoms with E-state index >= 15 is 0 Å². The van der Waals surface area contributed by atoms with Crippen molar-refractivity contribution in [1.82, 2.24) is 9.97 Å². The minimum atomic E-state index is -2.50. The van der Waals surface area contributed by atoms with Crippen LogP contribution < -0.4 is 10.5 Å². The molecular formula is C8H9ClF2IN3O. The van der Waals surface area contributed by atoms with E-state index in [2.05, 4.69) is 9.97 Å². The molecular weight excluding hydrogens is 354 g/mol. The van der Waals surface area contributed by atoms with Crippen LogP contribution in [0.5, 0.6) is 0 Å². The van der Waals surface area contributed by atoms with Crippen molar-refractivity contribution in [2.75, 3.05) is 23.9 Å². The number of H-pyrrole nitrogens is 1. The number of aromatic amines is 1. The van der Waals surface area contributed by atoms with Crippen LogP contribution in [0.15, 0.2) is 11.1 Å². The first-order valence-electron chi connectivity index (χ1n) is 4.38. The molecule has 4 nitrogen and oxygen atoms in total. The van der Waals surface area contributed by atoms with E-state index in [1.54, 1.807) is 22.6 Å². The van der Waals surface area contributed by atoms with Crippen molar-refractivity contribution in [1.29, 1.82) is 0 Å². The highest BCUT2D eigenvalue weighted by Gasteiger charge is 2.17. The molecule has 0 aromatic carbocycles. The minimum absolute atomic E-state index is 0.192. The van der Waals surface area contributed by atoms with Gasteiger partial charge in [0.15, 0.2) is 0 Å². The Labute approximate surface area is 109 Å². The Hall–Kier alpha value is -0.440. The Kier molecular flexibility index (Phi) is 5.39. The first kappa shape index (κ1) is 13.6. The average molecular weight is 364 g/mol. The van der Waals surface area contributed by atoms with Crippen LogP contribution >= 0.6 is 34.2 Å². The zero-order valence-corrected chi connectivity index (χ0v) is 11.0. The molecule has 1 rings (SSSR count). The molecule has 1 heterocycles. The maximum absolute atomic E-state index is 12.3. The second kappa shape index (κ2) is 6.33. The van der Waals surface area contributed by atoms with Crippen molar-refractivity contribution in [2.45, 2.75) is 6.43 Å². The zero-order valence-electron chi connectivity index (χ0n) is 8.09. The zero-order chi connectivity index (χ0) is 12.1. The summed E-state index contributed by atoms with van der Waals surface area (Å²) in [5.74, 6) is 0.433. The molecule has 1 aromatic heterocycles. The third-order valence-corrected chi connectivity index (χ3v) is 2.93. The topological polar surface area (TPSA) is 49.0 Å². The number of nitrogens with one attached hydrogen (secondary N) is 1. The van der Waals surface area contributed by atoms with E-state index in [1.165, 1.54) is 11.2 Å². The first-order valence-corrected chi connectivity index (χ1v) is 5.99. The Balaban J connectivity index is 3.00. The Morgan fingerprint density at radius 1 is 1.62 bits per heavy atom. The van der Waals surface area contributed by atoms with Gasteiger partial charge in [-0.1, -0.05) is 0 Å². The fourth-order valence-corrected chi connectivity index (χ4v) is 1.99. The van der Waals surface area contributed by atoms with Crippen LogP contribution in [0.3, 0.4) is 0 Å². The molecule has 0 aliphatic heterocycles. The van der Waals surface area contributed by atoms with Crippen molar-refractivity contribution in [3.8, 4) is 0 Å². The van der Waals surface area contributed by atoms with E-state index in [0.717, 1.165) is 0 Å². The molecule has 16 heavy (non-hydrogen) atoms. The highest BCUT2D eigenvalue weighted by molar-refractivity contribution is 14.1. The van der Waals surface area contributed by atoms with Gasteiger partial charge in [-0.25, -0.2) is 13.8 Å². The van der Waals surface area contributed by atoms with E-state index in [4.69, 9.17) is 11.6 Å². The number of halogens is 4. The quantitative estimate of drug-likeness (QED) is 0.640. The van der Waals surface area contributed by atoms with E-state index < -0.39 is 13.0 Å². The molecule has 0 bridgehead atoms.